The number of nitrogens with two attached hydrogens (primary N) is 1. The van der Waals surface area contributed by atoms with Crippen molar-refractivity contribution in [3.63, 3.8) is 0 Å². The van der Waals surface area contributed by atoms with Crippen LogP contribution in [0.1, 0.15) is 17.5 Å². The van der Waals surface area contributed by atoms with Crippen molar-refractivity contribution in [3.05, 3.63) is 65.5 Å². The van der Waals surface area contributed by atoms with Crippen LogP contribution in [0.4, 0.5) is 10.1 Å². The fourth-order valence-electron chi connectivity index (χ4n) is 1.84. The first-order valence-electron chi connectivity index (χ1n) is 6.38. The van der Waals surface area contributed by atoms with E-state index < -0.39 is 0 Å². The Labute approximate surface area is 117 Å². The third-order valence-corrected chi connectivity index (χ3v) is 2.92. The molecule has 104 valence electrons. The van der Waals surface area contributed by atoms with Gasteiger partial charge in [-0.15, -0.1) is 0 Å². The van der Waals surface area contributed by atoms with E-state index in [0.717, 1.165) is 5.56 Å². The van der Waals surface area contributed by atoms with Gasteiger partial charge in [-0.3, -0.25) is 4.79 Å². The Morgan fingerprint density at radius 2 is 1.95 bits per heavy atom. The molecule has 0 radical (unpaired) electrons. The second-order valence-electron chi connectivity index (χ2n) is 4.50. The molecule has 4 heteroatoms. The van der Waals surface area contributed by atoms with Gasteiger partial charge in [-0.2, -0.15) is 0 Å². The van der Waals surface area contributed by atoms with Gasteiger partial charge in [0.2, 0.25) is 0 Å². The predicted molar refractivity (Wildman–Crippen MR) is 75.4 cm³/mol. The summed E-state index contributed by atoms with van der Waals surface area (Å²) in [6.45, 7) is -0.0393. The van der Waals surface area contributed by atoms with E-state index in [0.29, 0.717) is 17.7 Å². The third kappa shape index (κ3) is 4.09. The molecule has 0 heterocycles. The lowest BCUT2D eigenvalue weighted by Crippen LogP contribution is -2.07. The van der Waals surface area contributed by atoms with Gasteiger partial charge in [-0.05, 0) is 30.2 Å². The summed E-state index contributed by atoms with van der Waals surface area (Å²) in [6.07, 6.45) is 0.805. The molecule has 0 spiro atoms. The van der Waals surface area contributed by atoms with Crippen LogP contribution in [0.5, 0.6) is 0 Å². The summed E-state index contributed by atoms with van der Waals surface area (Å²) < 4.78 is 18.4. The monoisotopic (exact) mass is 273 g/mol. The lowest BCUT2D eigenvalue weighted by molar-refractivity contribution is -0.144. The van der Waals surface area contributed by atoms with Gasteiger partial charge < -0.3 is 10.5 Å². The van der Waals surface area contributed by atoms with Gasteiger partial charge in [0, 0.05) is 17.7 Å². The van der Waals surface area contributed by atoms with E-state index in [1.165, 1.54) is 6.07 Å². The molecule has 0 fully saturated rings. The van der Waals surface area contributed by atoms with Gasteiger partial charge in [0.1, 0.15) is 12.4 Å². The Kier molecular flexibility index (Phi) is 4.71. The van der Waals surface area contributed by atoms with Gasteiger partial charge in [-0.1, -0.05) is 30.3 Å². The standard InChI is InChI=1S/C16H16FNO2/c17-15-7-2-1-5-13(15)11-20-16(19)9-8-12-4-3-6-14(18)10-12/h1-7,10H,8-9,11,18H2. The molecule has 2 aromatic rings. The van der Waals surface area contributed by atoms with Gasteiger partial charge in [-0.25, -0.2) is 4.39 Å². The maximum Gasteiger partial charge on any atom is 0.306 e. The fourth-order valence-corrected chi connectivity index (χ4v) is 1.84. The Hall–Kier alpha value is -2.36. The van der Waals surface area contributed by atoms with Gasteiger partial charge in [0.15, 0.2) is 0 Å². The molecule has 2 N–H and O–H groups in total. The van der Waals surface area contributed by atoms with Crippen LogP contribution in [0.25, 0.3) is 0 Å². The highest BCUT2D eigenvalue weighted by Gasteiger charge is 2.07. The van der Waals surface area contributed by atoms with Crippen LogP contribution in [-0.4, -0.2) is 5.97 Å². The number of esters is 1. The summed E-state index contributed by atoms with van der Waals surface area (Å²) in [5.41, 5.74) is 7.69. The molecule has 0 atom stereocenters. The number of rotatable bonds is 5. The van der Waals surface area contributed by atoms with E-state index >= 15 is 0 Å². The first-order valence-corrected chi connectivity index (χ1v) is 6.38. The zero-order valence-corrected chi connectivity index (χ0v) is 11.0. The Balaban J connectivity index is 1.80. The molecule has 0 aliphatic heterocycles. The molecule has 2 aromatic carbocycles. The van der Waals surface area contributed by atoms with Gasteiger partial charge in [0.05, 0.1) is 0 Å². The number of anilines is 1. The van der Waals surface area contributed by atoms with Crippen molar-refractivity contribution in [1.82, 2.24) is 0 Å². The number of carbonyl (C=O) groups is 1. The second-order valence-corrected chi connectivity index (χ2v) is 4.50. The maximum absolute atomic E-state index is 13.3. The first-order chi connectivity index (χ1) is 9.65. The van der Waals surface area contributed by atoms with E-state index in [1.807, 2.05) is 18.2 Å². The van der Waals surface area contributed by atoms with Gasteiger partial charge >= 0.3 is 5.97 Å². The minimum absolute atomic E-state index is 0.0393. The van der Waals surface area contributed by atoms with E-state index in [-0.39, 0.29) is 24.8 Å². The zero-order chi connectivity index (χ0) is 14.4. The fraction of sp³-hybridized carbons (Fsp3) is 0.188. The Morgan fingerprint density at radius 1 is 1.15 bits per heavy atom. The van der Waals surface area contributed by atoms with E-state index in [2.05, 4.69) is 0 Å². The molecule has 0 unspecified atom stereocenters. The quantitative estimate of drug-likeness (QED) is 0.672. The summed E-state index contributed by atoms with van der Waals surface area (Å²) in [5.74, 6) is -0.716. The molecule has 0 aliphatic rings. The molecule has 0 aliphatic carbocycles. The third-order valence-electron chi connectivity index (χ3n) is 2.92. The number of ether oxygens (including phenoxy) is 1. The molecule has 0 amide bonds. The molecule has 20 heavy (non-hydrogen) atoms. The smallest absolute Gasteiger partial charge is 0.306 e. The predicted octanol–water partition coefficient (Wildman–Crippen LogP) is 3.08. The topological polar surface area (TPSA) is 52.3 Å². The largest absolute Gasteiger partial charge is 0.461 e. The van der Waals surface area contributed by atoms with Crippen LogP contribution in [0.3, 0.4) is 0 Å². The van der Waals surface area contributed by atoms with Crippen LogP contribution in [0.2, 0.25) is 0 Å². The average molecular weight is 273 g/mol. The summed E-state index contributed by atoms with van der Waals surface area (Å²) in [4.78, 5) is 11.6. The number of nitrogen functional groups attached to an aromatic ring is 1. The lowest BCUT2D eigenvalue weighted by atomic mass is 10.1. The highest BCUT2D eigenvalue weighted by atomic mass is 19.1. The van der Waals surface area contributed by atoms with Crippen molar-refractivity contribution in [2.75, 3.05) is 5.73 Å². The number of carbonyl (C=O) groups excluding carboxylic acids is 1. The van der Waals surface area contributed by atoms with Crippen LogP contribution in [-0.2, 0) is 22.6 Å². The van der Waals surface area contributed by atoms with Crippen LogP contribution in [0, 0.1) is 5.82 Å². The number of aryl methyl sites for hydroxylation is 1. The van der Waals surface area contributed by atoms with Crippen LogP contribution < -0.4 is 5.73 Å². The Bertz CT molecular complexity index is 599. The van der Waals surface area contributed by atoms with E-state index in [9.17, 15) is 9.18 Å². The minimum Gasteiger partial charge on any atom is -0.461 e. The van der Waals surface area contributed by atoms with Crippen LogP contribution >= 0.6 is 0 Å². The van der Waals surface area contributed by atoms with Crippen molar-refractivity contribution in [1.29, 1.82) is 0 Å². The van der Waals surface area contributed by atoms with E-state index in [4.69, 9.17) is 10.5 Å². The second kappa shape index (κ2) is 6.70. The summed E-state index contributed by atoms with van der Waals surface area (Å²) in [5, 5.41) is 0. The first kappa shape index (κ1) is 14.1. The molecular weight excluding hydrogens is 257 g/mol. The maximum atomic E-state index is 13.3. The highest BCUT2D eigenvalue weighted by Crippen LogP contribution is 2.11. The van der Waals surface area contributed by atoms with Crippen molar-refractivity contribution in [3.8, 4) is 0 Å². The minimum atomic E-state index is -0.365. The summed E-state index contributed by atoms with van der Waals surface area (Å²) >= 11 is 0. The molecular formula is C16H16FNO2. The van der Waals surface area contributed by atoms with Crippen molar-refractivity contribution in [2.45, 2.75) is 19.4 Å². The highest BCUT2D eigenvalue weighted by molar-refractivity contribution is 5.69. The van der Waals surface area contributed by atoms with Crippen LogP contribution in [0.15, 0.2) is 48.5 Å². The average Bonchev–Trinajstić information content (AvgIpc) is 2.44. The molecule has 0 bridgehead atoms. The molecule has 2 rings (SSSR count). The molecule has 0 saturated heterocycles. The van der Waals surface area contributed by atoms with Crippen molar-refractivity contribution < 1.29 is 13.9 Å². The SMILES string of the molecule is Nc1cccc(CCC(=O)OCc2ccccc2F)c1. The molecule has 0 aromatic heterocycles. The zero-order valence-electron chi connectivity index (χ0n) is 11.0. The summed E-state index contributed by atoms with van der Waals surface area (Å²) in [7, 11) is 0. The van der Waals surface area contributed by atoms with Gasteiger partial charge in [0.25, 0.3) is 0 Å². The Morgan fingerprint density at radius 3 is 2.70 bits per heavy atom. The van der Waals surface area contributed by atoms with E-state index in [1.54, 1.807) is 24.3 Å². The number of hydrogen-bond acceptors (Lipinski definition) is 3. The molecule has 0 saturated carbocycles. The summed E-state index contributed by atoms with van der Waals surface area (Å²) in [6, 6.07) is 13.6. The number of hydrogen-bond donors (Lipinski definition) is 1. The van der Waals surface area contributed by atoms with Crippen molar-refractivity contribution >= 4 is 11.7 Å². The molecule has 3 nitrogen and oxygen atoms in total. The lowest BCUT2D eigenvalue weighted by Gasteiger charge is -2.06. The number of halogens is 1. The number of benzene rings is 2. The van der Waals surface area contributed by atoms with Crippen molar-refractivity contribution in [2.24, 2.45) is 0 Å². The normalized spacial score (nSPS) is 10.2.